The van der Waals surface area contributed by atoms with Crippen LogP contribution >= 0.6 is 0 Å². The number of hydrogen-bond donors (Lipinski definition) is 0. The van der Waals surface area contributed by atoms with Gasteiger partial charge in [-0.25, -0.2) is 4.98 Å². The van der Waals surface area contributed by atoms with E-state index in [4.69, 9.17) is 9.47 Å². The van der Waals surface area contributed by atoms with Crippen molar-refractivity contribution in [1.82, 2.24) is 14.9 Å². The predicted molar refractivity (Wildman–Crippen MR) is 96.7 cm³/mol. The van der Waals surface area contributed by atoms with Gasteiger partial charge >= 0.3 is 0 Å². The van der Waals surface area contributed by atoms with Crippen molar-refractivity contribution in [2.75, 3.05) is 26.3 Å². The molecule has 138 valence electrons. The van der Waals surface area contributed by atoms with Crippen molar-refractivity contribution in [3.8, 4) is 5.88 Å². The molecule has 0 radical (unpaired) electrons. The van der Waals surface area contributed by atoms with Crippen LogP contribution in [0.3, 0.4) is 0 Å². The van der Waals surface area contributed by atoms with Crippen molar-refractivity contribution in [3.63, 3.8) is 0 Å². The van der Waals surface area contributed by atoms with Crippen molar-refractivity contribution in [2.45, 2.75) is 53.1 Å². The maximum absolute atomic E-state index is 12.4. The Morgan fingerprint density at radius 2 is 2.24 bits per heavy atom. The summed E-state index contributed by atoms with van der Waals surface area (Å²) >= 11 is 0. The van der Waals surface area contributed by atoms with E-state index in [-0.39, 0.29) is 17.9 Å². The average Bonchev–Trinajstić information content (AvgIpc) is 2.59. The maximum Gasteiger partial charge on any atom is 0.249 e. The van der Waals surface area contributed by atoms with E-state index >= 15 is 0 Å². The molecule has 1 aromatic heterocycles. The van der Waals surface area contributed by atoms with Gasteiger partial charge in [0.2, 0.25) is 11.8 Å². The van der Waals surface area contributed by atoms with Crippen LogP contribution in [0.2, 0.25) is 0 Å². The zero-order valence-corrected chi connectivity index (χ0v) is 15.9. The van der Waals surface area contributed by atoms with Crippen LogP contribution in [0.4, 0.5) is 0 Å². The number of morpholine rings is 1. The Balaban J connectivity index is 1.95. The van der Waals surface area contributed by atoms with Crippen LogP contribution < -0.4 is 4.74 Å². The number of aromatic nitrogens is 2. The lowest BCUT2D eigenvalue weighted by molar-refractivity contribution is -0.135. The van der Waals surface area contributed by atoms with Gasteiger partial charge in [-0.2, -0.15) is 4.98 Å². The van der Waals surface area contributed by atoms with Gasteiger partial charge in [-0.1, -0.05) is 26.8 Å². The van der Waals surface area contributed by atoms with Crippen LogP contribution in [0.15, 0.2) is 17.7 Å². The molecule has 6 nitrogen and oxygen atoms in total. The van der Waals surface area contributed by atoms with Gasteiger partial charge in [0.1, 0.15) is 18.5 Å². The van der Waals surface area contributed by atoms with E-state index < -0.39 is 0 Å². The van der Waals surface area contributed by atoms with Crippen LogP contribution in [-0.2, 0) is 9.53 Å². The third-order valence-electron chi connectivity index (χ3n) is 4.06. The summed E-state index contributed by atoms with van der Waals surface area (Å²) in [6.07, 6.45) is 2.67. The topological polar surface area (TPSA) is 64.6 Å². The minimum Gasteiger partial charge on any atom is -0.475 e. The highest BCUT2D eigenvalue weighted by Gasteiger charge is 2.25. The Morgan fingerprint density at radius 1 is 1.48 bits per heavy atom. The van der Waals surface area contributed by atoms with Gasteiger partial charge in [-0.05, 0) is 20.3 Å². The van der Waals surface area contributed by atoms with E-state index in [1.165, 1.54) is 0 Å². The number of rotatable bonds is 6. The van der Waals surface area contributed by atoms with Gasteiger partial charge in [0.25, 0.3) is 0 Å². The summed E-state index contributed by atoms with van der Waals surface area (Å²) in [4.78, 5) is 23.1. The molecule has 0 bridgehead atoms. The number of carbonyl (C=O) groups is 1. The first-order valence-corrected chi connectivity index (χ1v) is 8.96. The Bertz CT molecular complexity index is 628. The molecular formula is C19H29N3O3. The van der Waals surface area contributed by atoms with Gasteiger partial charge in [0, 0.05) is 29.8 Å². The number of hydrogen-bond acceptors (Lipinski definition) is 5. The number of ether oxygens (including phenoxy) is 2. The quantitative estimate of drug-likeness (QED) is 0.741. The van der Waals surface area contributed by atoms with Gasteiger partial charge in [0.05, 0.1) is 13.2 Å². The maximum atomic E-state index is 12.4. The van der Waals surface area contributed by atoms with Crippen molar-refractivity contribution in [2.24, 2.45) is 0 Å². The van der Waals surface area contributed by atoms with Gasteiger partial charge in [-0.3, -0.25) is 4.79 Å². The fraction of sp³-hybridized carbons (Fsp3) is 0.632. The van der Waals surface area contributed by atoms with E-state index in [9.17, 15) is 4.79 Å². The fourth-order valence-corrected chi connectivity index (χ4v) is 2.72. The normalized spacial score (nSPS) is 18.6. The number of allylic oxidation sites excluding steroid dienone is 1. The minimum absolute atomic E-state index is 0.0788. The molecule has 25 heavy (non-hydrogen) atoms. The molecule has 2 rings (SSSR count). The average molecular weight is 347 g/mol. The standard InChI is InChI=1S/C19H29N3O3/c1-6-7-14(4)19(23)22-8-9-24-16(11-22)12-25-17-10-15(5)20-18(21-17)13(2)3/h7,10,13,16H,6,8-9,11-12H2,1-5H3/b14-7+. The van der Waals surface area contributed by atoms with Crippen LogP contribution in [0.1, 0.15) is 51.6 Å². The number of amides is 1. The van der Waals surface area contributed by atoms with Crippen molar-refractivity contribution < 1.29 is 14.3 Å². The molecule has 1 fully saturated rings. The summed E-state index contributed by atoms with van der Waals surface area (Å²) < 4.78 is 11.6. The summed E-state index contributed by atoms with van der Waals surface area (Å²) in [5.74, 6) is 1.66. The molecule has 0 saturated carbocycles. The highest BCUT2D eigenvalue weighted by atomic mass is 16.5. The zero-order valence-electron chi connectivity index (χ0n) is 15.9. The molecule has 1 unspecified atom stereocenters. The Hall–Kier alpha value is -1.95. The lowest BCUT2D eigenvalue weighted by Crippen LogP contribution is -2.47. The molecule has 1 saturated heterocycles. The Labute approximate surface area is 150 Å². The monoisotopic (exact) mass is 347 g/mol. The first-order chi connectivity index (χ1) is 11.9. The number of carbonyl (C=O) groups excluding carboxylic acids is 1. The fourth-order valence-electron chi connectivity index (χ4n) is 2.72. The third kappa shape index (κ3) is 5.53. The molecule has 1 amide bonds. The molecule has 0 N–H and O–H groups in total. The van der Waals surface area contributed by atoms with Crippen LogP contribution in [0, 0.1) is 6.92 Å². The first kappa shape index (κ1) is 19.4. The summed E-state index contributed by atoms with van der Waals surface area (Å²) in [7, 11) is 0. The van der Waals surface area contributed by atoms with E-state index in [2.05, 4.69) is 23.8 Å². The summed E-state index contributed by atoms with van der Waals surface area (Å²) in [5, 5.41) is 0. The highest BCUT2D eigenvalue weighted by molar-refractivity contribution is 5.92. The van der Waals surface area contributed by atoms with E-state index in [1.54, 1.807) is 0 Å². The largest absolute Gasteiger partial charge is 0.475 e. The Kier molecular flexibility index (Phi) is 6.93. The minimum atomic E-state index is -0.148. The van der Waals surface area contributed by atoms with Crippen molar-refractivity contribution in [1.29, 1.82) is 0 Å². The number of nitrogens with zero attached hydrogens (tertiary/aromatic N) is 3. The molecule has 1 aliphatic heterocycles. The highest BCUT2D eigenvalue weighted by Crippen LogP contribution is 2.16. The summed E-state index contributed by atoms with van der Waals surface area (Å²) in [6.45, 7) is 12.0. The molecule has 0 aliphatic carbocycles. The molecular weight excluding hydrogens is 318 g/mol. The molecule has 2 heterocycles. The second-order valence-corrected chi connectivity index (χ2v) is 6.71. The summed E-state index contributed by atoms with van der Waals surface area (Å²) in [5.41, 5.74) is 1.67. The van der Waals surface area contributed by atoms with Crippen LogP contribution in [-0.4, -0.2) is 53.2 Å². The van der Waals surface area contributed by atoms with Crippen molar-refractivity contribution >= 4 is 5.91 Å². The second-order valence-electron chi connectivity index (χ2n) is 6.71. The predicted octanol–water partition coefficient (Wildman–Crippen LogP) is 2.87. The second kappa shape index (κ2) is 8.94. The first-order valence-electron chi connectivity index (χ1n) is 8.96. The third-order valence-corrected chi connectivity index (χ3v) is 4.06. The molecule has 0 aromatic carbocycles. The number of aryl methyl sites for hydroxylation is 1. The molecule has 1 atom stereocenters. The molecule has 0 spiro atoms. The molecule has 1 aliphatic rings. The zero-order chi connectivity index (χ0) is 18.4. The lowest BCUT2D eigenvalue weighted by atomic mass is 10.2. The van der Waals surface area contributed by atoms with Crippen LogP contribution in [0.25, 0.3) is 0 Å². The van der Waals surface area contributed by atoms with Crippen molar-refractivity contribution in [3.05, 3.63) is 29.2 Å². The van der Waals surface area contributed by atoms with E-state index in [0.717, 1.165) is 23.5 Å². The molecule has 1 aromatic rings. The SMILES string of the molecule is CC/C=C(\C)C(=O)N1CCOC(COc2cc(C)nc(C(C)C)n2)C1. The van der Waals surface area contributed by atoms with E-state index in [0.29, 0.717) is 32.2 Å². The molecule has 6 heteroatoms. The van der Waals surface area contributed by atoms with Gasteiger partial charge in [0.15, 0.2) is 0 Å². The van der Waals surface area contributed by atoms with Crippen LogP contribution in [0.5, 0.6) is 5.88 Å². The van der Waals surface area contributed by atoms with Gasteiger partial charge < -0.3 is 14.4 Å². The Morgan fingerprint density at radius 3 is 2.92 bits per heavy atom. The van der Waals surface area contributed by atoms with E-state index in [1.807, 2.05) is 37.8 Å². The van der Waals surface area contributed by atoms with Gasteiger partial charge in [-0.15, -0.1) is 0 Å². The summed E-state index contributed by atoms with van der Waals surface area (Å²) in [6, 6.07) is 1.83. The smallest absolute Gasteiger partial charge is 0.249 e. The lowest BCUT2D eigenvalue weighted by Gasteiger charge is -2.33.